The molecule has 0 saturated heterocycles. The summed E-state index contributed by atoms with van der Waals surface area (Å²) in [5, 5.41) is 10.3. The zero-order valence-corrected chi connectivity index (χ0v) is 18.4. The molecular weight excluding hydrogens is 438 g/mol. The number of carboxylic acids is 1. The summed E-state index contributed by atoms with van der Waals surface area (Å²) in [6.45, 7) is 0. The monoisotopic (exact) mass is 457 g/mol. The van der Waals surface area contributed by atoms with Crippen LogP contribution in [0, 0.1) is 0 Å². The number of carbonyl (C=O) groups is 1. The van der Waals surface area contributed by atoms with Gasteiger partial charge in [0.05, 0.1) is 41.9 Å². The summed E-state index contributed by atoms with van der Waals surface area (Å²) in [5.74, 6) is -0.204. The van der Waals surface area contributed by atoms with Crippen LogP contribution in [-0.2, 0) is 24.1 Å². The highest BCUT2D eigenvalue weighted by Gasteiger charge is 2.20. The van der Waals surface area contributed by atoms with Crippen LogP contribution in [0.2, 0.25) is 5.02 Å². The van der Waals surface area contributed by atoms with Crippen LogP contribution in [0.4, 0.5) is 0 Å². The number of rotatable bonds is 7. The van der Waals surface area contributed by atoms with Crippen molar-refractivity contribution in [2.24, 2.45) is 0 Å². The highest BCUT2D eigenvalue weighted by Crippen LogP contribution is 2.26. The predicted molar refractivity (Wildman–Crippen MR) is 126 cm³/mol. The first kappa shape index (κ1) is 21.0. The average Bonchev–Trinajstić information content (AvgIpc) is 3.43. The molecule has 0 spiro atoms. The zero-order chi connectivity index (χ0) is 22.8. The molecule has 0 radical (unpaired) electrons. The van der Waals surface area contributed by atoms with Crippen molar-refractivity contribution in [2.45, 2.75) is 19.3 Å². The number of carboxylic acid groups (broad SMARTS) is 1. The predicted octanol–water partition coefficient (Wildman–Crippen LogP) is 5.45. The molecule has 2 aromatic carbocycles. The van der Waals surface area contributed by atoms with Gasteiger partial charge in [0, 0.05) is 23.2 Å². The first-order valence-electron chi connectivity index (χ1n) is 10.5. The van der Waals surface area contributed by atoms with Gasteiger partial charge in [-0.25, -0.2) is 9.97 Å². The molecule has 0 bridgehead atoms. The smallest absolute Gasteiger partial charge is 0.309 e. The number of benzene rings is 2. The normalized spacial score (nSPS) is 11.2. The fourth-order valence-electron chi connectivity index (χ4n) is 3.96. The molecule has 0 fully saturated rings. The van der Waals surface area contributed by atoms with E-state index in [1.807, 2.05) is 77.3 Å². The van der Waals surface area contributed by atoms with Gasteiger partial charge in [0.2, 0.25) is 0 Å². The molecule has 0 aliphatic rings. The Morgan fingerprint density at radius 3 is 2.55 bits per heavy atom. The molecule has 3 aromatic heterocycles. The van der Waals surface area contributed by atoms with Crippen molar-refractivity contribution < 1.29 is 14.3 Å². The van der Waals surface area contributed by atoms with E-state index in [9.17, 15) is 9.90 Å². The molecule has 1 N–H and O–H groups in total. The number of fused-ring (bicyclic) bond motifs is 1. The van der Waals surface area contributed by atoms with E-state index in [2.05, 4.69) is 0 Å². The van der Waals surface area contributed by atoms with Crippen LogP contribution >= 0.6 is 11.6 Å². The molecule has 0 unspecified atom stereocenters. The summed E-state index contributed by atoms with van der Waals surface area (Å²) in [5.41, 5.74) is 5.33. The number of aromatic nitrogens is 3. The quantitative estimate of drug-likeness (QED) is 0.351. The van der Waals surface area contributed by atoms with Gasteiger partial charge in [0.1, 0.15) is 5.76 Å². The van der Waals surface area contributed by atoms with Crippen LogP contribution in [0.15, 0.2) is 83.6 Å². The van der Waals surface area contributed by atoms with E-state index in [1.54, 1.807) is 6.26 Å². The lowest BCUT2D eigenvalue weighted by Crippen LogP contribution is -2.08. The van der Waals surface area contributed by atoms with Gasteiger partial charge in [-0.05, 0) is 29.8 Å². The molecular formula is C26H20ClN3O3. The average molecular weight is 458 g/mol. The largest absolute Gasteiger partial charge is 0.481 e. The van der Waals surface area contributed by atoms with E-state index in [1.165, 1.54) is 0 Å². The van der Waals surface area contributed by atoms with Crippen LogP contribution < -0.4 is 0 Å². The van der Waals surface area contributed by atoms with E-state index in [0.29, 0.717) is 34.9 Å². The second kappa shape index (κ2) is 8.92. The Labute approximate surface area is 195 Å². The molecule has 164 valence electrons. The Kier molecular flexibility index (Phi) is 5.67. The molecule has 3 heterocycles. The Balaban J connectivity index is 1.72. The third kappa shape index (κ3) is 4.52. The number of furan rings is 1. The number of halogens is 1. The Morgan fingerprint density at radius 2 is 1.82 bits per heavy atom. The van der Waals surface area contributed by atoms with Gasteiger partial charge in [0.15, 0.2) is 5.65 Å². The maximum atomic E-state index is 11.7. The van der Waals surface area contributed by atoms with Gasteiger partial charge in [-0.1, -0.05) is 54.1 Å². The number of hydrogen-bond acceptors (Lipinski definition) is 4. The number of aliphatic carboxylic acids is 1. The number of nitrogens with zero attached hydrogens (tertiary/aromatic N) is 3. The standard InChI is InChI=1S/C26H20ClN3O3/c27-19-9-4-6-17(12-19)13-22-26-29-21(14-20-10-5-11-33-20)24(15-25(31)32)30(26)16-23(28-22)18-7-2-1-3-8-18/h1-12,16H,13-15H2,(H,31,32). The maximum absolute atomic E-state index is 11.7. The zero-order valence-electron chi connectivity index (χ0n) is 17.6. The molecule has 5 aromatic rings. The molecule has 5 rings (SSSR count). The van der Waals surface area contributed by atoms with E-state index in [4.69, 9.17) is 26.0 Å². The third-order valence-corrected chi connectivity index (χ3v) is 5.66. The Hall–Kier alpha value is -3.90. The van der Waals surface area contributed by atoms with Crippen molar-refractivity contribution in [3.63, 3.8) is 0 Å². The molecule has 7 heteroatoms. The molecule has 0 aliphatic heterocycles. The van der Waals surface area contributed by atoms with Crippen LogP contribution in [0.25, 0.3) is 16.9 Å². The highest BCUT2D eigenvalue weighted by atomic mass is 35.5. The van der Waals surface area contributed by atoms with Gasteiger partial charge in [0.25, 0.3) is 0 Å². The fourth-order valence-corrected chi connectivity index (χ4v) is 4.17. The summed E-state index contributed by atoms with van der Waals surface area (Å²) < 4.78 is 7.36. The van der Waals surface area contributed by atoms with Crippen molar-refractivity contribution in [1.29, 1.82) is 0 Å². The van der Waals surface area contributed by atoms with Crippen molar-refractivity contribution in [2.75, 3.05) is 0 Å². The van der Waals surface area contributed by atoms with Crippen molar-refractivity contribution in [3.8, 4) is 11.3 Å². The second-order valence-corrected chi connectivity index (χ2v) is 8.21. The summed E-state index contributed by atoms with van der Waals surface area (Å²) in [6.07, 6.45) is 4.21. The lowest BCUT2D eigenvalue weighted by atomic mass is 10.1. The van der Waals surface area contributed by atoms with Gasteiger partial charge in [-0.2, -0.15) is 0 Å². The van der Waals surface area contributed by atoms with Crippen LogP contribution in [0.3, 0.4) is 0 Å². The lowest BCUT2D eigenvalue weighted by molar-refractivity contribution is -0.136. The molecule has 6 nitrogen and oxygen atoms in total. The number of imidazole rings is 1. The molecule has 0 saturated carbocycles. The van der Waals surface area contributed by atoms with E-state index < -0.39 is 5.97 Å². The summed E-state index contributed by atoms with van der Waals surface area (Å²) in [6, 6.07) is 21.1. The third-order valence-electron chi connectivity index (χ3n) is 5.43. The van der Waals surface area contributed by atoms with E-state index in [-0.39, 0.29) is 6.42 Å². The van der Waals surface area contributed by atoms with Gasteiger partial charge < -0.3 is 9.52 Å². The van der Waals surface area contributed by atoms with Gasteiger partial charge in [-0.3, -0.25) is 9.20 Å². The van der Waals surface area contributed by atoms with Crippen LogP contribution in [0.1, 0.15) is 28.4 Å². The minimum absolute atomic E-state index is 0.161. The number of hydrogen-bond donors (Lipinski definition) is 1. The summed E-state index contributed by atoms with van der Waals surface area (Å²) >= 11 is 6.21. The Bertz CT molecular complexity index is 1430. The second-order valence-electron chi connectivity index (χ2n) is 7.77. The molecule has 33 heavy (non-hydrogen) atoms. The lowest BCUT2D eigenvalue weighted by Gasteiger charge is -2.10. The van der Waals surface area contributed by atoms with Gasteiger partial charge in [-0.15, -0.1) is 0 Å². The minimum atomic E-state index is -0.924. The van der Waals surface area contributed by atoms with E-state index >= 15 is 0 Å². The maximum Gasteiger partial charge on any atom is 0.309 e. The molecule has 0 atom stereocenters. The van der Waals surface area contributed by atoms with Crippen LogP contribution in [0.5, 0.6) is 0 Å². The Morgan fingerprint density at radius 1 is 0.970 bits per heavy atom. The fraction of sp³-hybridized carbons (Fsp3) is 0.115. The molecule has 0 aliphatic carbocycles. The minimum Gasteiger partial charge on any atom is -0.481 e. The SMILES string of the molecule is O=C(O)Cc1c(Cc2ccco2)nc2c(Cc3cccc(Cl)c3)nc(-c3ccccc3)cn12. The topological polar surface area (TPSA) is 80.6 Å². The highest BCUT2D eigenvalue weighted by molar-refractivity contribution is 6.30. The van der Waals surface area contributed by atoms with Crippen molar-refractivity contribution >= 4 is 23.2 Å². The van der Waals surface area contributed by atoms with Gasteiger partial charge >= 0.3 is 5.97 Å². The summed E-state index contributed by atoms with van der Waals surface area (Å²) in [7, 11) is 0. The van der Waals surface area contributed by atoms with Crippen molar-refractivity contribution in [1.82, 2.24) is 14.4 Å². The first-order valence-corrected chi connectivity index (χ1v) is 10.9. The van der Waals surface area contributed by atoms with Crippen molar-refractivity contribution in [3.05, 3.63) is 113 Å². The van der Waals surface area contributed by atoms with Crippen LogP contribution in [-0.4, -0.2) is 25.4 Å². The van der Waals surface area contributed by atoms with E-state index in [0.717, 1.165) is 28.3 Å². The molecule has 0 amide bonds. The first-order chi connectivity index (χ1) is 16.1. The summed E-state index contributed by atoms with van der Waals surface area (Å²) in [4.78, 5) is 21.5.